The minimum absolute atomic E-state index is 0.401. The van der Waals surface area contributed by atoms with Crippen LogP contribution in [0.4, 0.5) is 4.39 Å². The van der Waals surface area contributed by atoms with Gasteiger partial charge >= 0.3 is 5.97 Å². The molecule has 0 unspecified atom stereocenters. The summed E-state index contributed by atoms with van der Waals surface area (Å²) >= 11 is 0. The first-order chi connectivity index (χ1) is 21.6. The lowest BCUT2D eigenvalue weighted by Crippen LogP contribution is -2.38. The van der Waals surface area contributed by atoms with Crippen molar-refractivity contribution in [2.75, 3.05) is 0 Å². The molecule has 1 aromatic heterocycles. The van der Waals surface area contributed by atoms with Crippen molar-refractivity contribution in [3.63, 3.8) is 0 Å². The first kappa shape index (κ1) is 27.0. The summed E-state index contributed by atoms with van der Waals surface area (Å²) in [5.74, 6) is -2.15. The Kier molecular flexibility index (Phi) is 6.83. The van der Waals surface area contributed by atoms with E-state index in [-0.39, 0.29) is 0 Å². The molecule has 44 heavy (non-hydrogen) atoms. The molecule has 5 heteroatoms. The average Bonchev–Trinajstić information content (AvgIpc) is 3.42. The molecule has 7 aromatic rings. The number of carboxylic acids is 1. The first-order valence-corrected chi connectivity index (χ1v) is 14.4. The Morgan fingerprint density at radius 2 is 1.20 bits per heavy atom. The van der Waals surface area contributed by atoms with Crippen LogP contribution >= 0.6 is 0 Å². The Hall–Kier alpha value is -5.81. The van der Waals surface area contributed by atoms with E-state index in [0.717, 1.165) is 33.0 Å². The largest absolute Gasteiger partial charge is 0.478 e. The molecule has 0 aliphatic heterocycles. The Morgan fingerprint density at radius 1 is 0.659 bits per heavy atom. The number of benzene rings is 6. The van der Waals surface area contributed by atoms with Crippen LogP contribution in [0.2, 0.25) is 0 Å². The smallest absolute Gasteiger partial charge is 0.338 e. The number of carboxylic acid groups (broad SMARTS) is 1. The predicted octanol–water partition coefficient (Wildman–Crippen LogP) is 9.04. The molecular formula is C39H27FN2O2. The number of carbonyl (C=O) groups is 1. The van der Waals surface area contributed by atoms with Crippen LogP contribution in [0, 0.1) is 5.82 Å². The molecular weight excluding hydrogens is 547 g/mol. The van der Waals surface area contributed by atoms with Gasteiger partial charge < -0.3 is 5.11 Å². The maximum atomic E-state index is 15.5. The Bertz CT molecular complexity index is 2060. The van der Waals surface area contributed by atoms with Gasteiger partial charge in [-0.15, -0.1) is 0 Å². The van der Waals surface area contributed by atoms with Crippen LogP contribution < -0.4 is 0 Å². The fourth-order valence-corrected chi connectivity index (χ4v) is 6.09. The molecule has 4 nitrogen and oxygen atoms in total. The van der Waals surface area contributed by atoms with E-state index in [9.17, 15) is 9.90 Å². The van der Waals surface area contributed by atoms with Gasteiger partial charge in [-0.1, -0.05) is 133 Å². The van der Waals surface area contributed by atoms with Gasteiger partial charge in [0.1, 0.15) is 11.4 Å². The number of hydrogen-bond donors (Lipinski definition) is 1. The Morgan fingerprint density at radius 3 is 1.77 bits per heavy atom. The van der Waals surface area contributed by atoms with Crippen LogP contribution in [0.15, 0.2) is 146 Å². The highest BCUT2D eigenvalue weighted by molar-refractivity contribution is 5.98. The number of aromatic carboxylic acids is 1. The van der Waals surface area contributed by atoms with Gasteiger partial charge in [0.25, 0.3) is 0 Å². The molecule has 0 atom stereocenters. The van der Waals surface area contributed by atoms with E-state index in [2.05, 4.69) is 24.3 Å². The third kappa shape index (κ3) is 4.56. The average molecular weight is 575 g/mol. The molecule has 0 amide bonds. The van der Waals surface area contributed by atoms with Crippen LogP contribution in [0.25, 0.3) is 33.8 Å². The standard InChI is InChI=1S/C39H27FN2O2/c40-35-26-37-34(25-33(35)38(43)44)36(23-21-27-20-22-28-12-10-11-13-29(28)24-27)41-42(37)39(30-14-4-1-5-15-30,31-16-6-2-7-17-31)32-18-8-3-9-19-32/h1-26H,(H,43,44)/b23-21+. The van der Waals surface area contributed by atoms with Crippen LogP contribution in [0.1, 0.15) is 38.3 Å². The van der Waals surface area contributed by atoms with Gasteiger partial charge in [0.05, 0.1) is 16.8 Å². The van der Waals surface area contributed by atoms with E-state index >= 15 is 4.39 Å². The summed E-state index contributed by atoms with van der Waals surface area (Å²) in [4.78, 5) is 12.1. The van der Waals surface area contributed by atoms with E-state index in [4.69, 9.17) is 5.10 Å². The lowest BCUT2D eigenvalue weighted by atomic mass is 9.77. The number of rotatable bonds is 7. The van der Waals surface area contributed by atoms with E-state index in [1.165, 1.54) is 12.1 Å². The fourth-order valence-electron chi connectivity index (χ4n) is 6.09. The van der Waals surface area contributed by atoms with Gasteiger partial charge in [0.2, 0.25) is 0 Å². The zero-order valence-corrected chi connectivity index (χ0v) is 23.6. The van der Waals surface area contributed by atoms with Crippen molar-refractivity contribution >= 4 is 39.8 Å². The number of hydrogen-bond acceptors (Lipinski definition) is 2. The molecule has 0 saturated heterocycles. The highest BCUT2D eigenvalue weighted by Crippen LogP contribution is 2.43. The van der Waals surface area contributed by atoms with E-state index in [1.807, 2.05) is 126 Å². The molecule has 0 aliphatic carbocycles. The van der Waals surface area contributed by atoms with E-state index < -0.39 is 22.9 Å². The summed E-state index contributed by atoms with van der Waals surface area (Å²) in [5, 5.41) is 17.8. The summed E-state index contributed by atoms with van der Waals surface area (Å²) in [7, 11) is 0. The van der Waals surface area contributed by atoms with Crippen molar-refractivity contribution in [2.45, 2.75) is 5.54 Å². The maximum Gasteiger partial charge on any atom is 0.338 e. The maximum absolute atomic E-state index is 15.5. The van der Waals surface area contributed by atoms with Gasteiger partial charge in [-0.2, -0.15) is 5.10 Å². The summed E-state index contributed by atoms with van der Waals surface area (Å²) in [6.07, 6.45) is 3.83. The molecule has 0 radical (unpaired) electrons. The third-order valence-corrected chi connectivity index (χ3v) is 8.13. The third-order valence-electron chi connectivity index (χ3n) is 8.13. The molecule has 212 valence electrons. The minimum atomic E-state index is -1.33. The van der Waals surface area contributed by atoms with Gasteiger partial charge in [0.15, 0.2) is 0 Å². The van der Waals surface area contributed by atoms with Crippen LogP contribution in [-0.2, 0) is 5.54 Å². The van der Waals surface area contributed by atoms with E-state index in [0.29, 0.717) is 16.6 Å². The lowest BCUT2D eigenvalue weighted by Gasteiger charge is -2.37. The summed E-state index contributed by atoms with van der Waals surface area (Å²) in [6, 6.07) is 47.0. The predicted molar refractivity (Wildman–Crippen MR) is 174 cm³/mol. The molecule has 0 bridgehead atoms. The monoisotopic (exact) mass is 574 g/mol. The van der Waals surface area contributed by atoms with Gasteiger partial charge in [-0.25, -0.2) is 13.9 Å². The molecule has 1 heterocycles. The second-order valence-electron chi connectivity index (χ2n) is 10.7. The highest BCUT2D eigenvalue weighted by atomic mass is 19.1. The quantitative estimate of drug-likeness (QED) is 0.193. The molecule has 1 N–H and O–H groups in total. The molecule has 7 rings (SSSR count). The number of aromatic nitrogens is 2. The second kappa shape index (κ2) is 11.1. The molecule has 6 aromatic carbocycles. The summed E-state index contributed by atoms with van der Waals surface area (Å²) in [6.45, 7) is 0. The fraction of sp³-hybridized carbons (Fsp3) is 0.0256. The topological polar surface area (TPSA) is 55.1 Å². The number of nitrogens with zero attached hydrogens (tertiary/aromatic N) is 2. The van der Waals surface area contributed by atoms with Gasteiger partial charge in [-0.05, 0) is 51.2 Å². The highest BCUT2D eigenvalue weighted by Gasteiger charge is 2.41. The van der Waals surface area contributed by atoms with Crippen molar-refractivity contribution in [2.24, 2.45) is 0 Å². The zero-order valence-electron chi connectivity index (χ0n) is 23.6. The van der Waals surface area contributed by atoms with Crippen molar-refractivity contribution in [1.82, 2.24) is 9.78 Å². The van der Waals surface area contributed by atoms with Crippen LogP contribution in [0.5, 0.6) is 0 Å². The Balaban J connectivity index is 1.55. The summed E-state index contributed by atoms with van der Waals surface area (Å²) < 4.78 is 17.4. The van der Waals surface area contributed by atoms with Crippen LogP contribution in [-0.4, -0.2) is 20.9 Å². The minimum Gasteiger partial charge on any atom is -0.478 e. The van der Waals surface area contributed by atoms with Crippen molar-refractivity contribution in [3.05, 3.63) is 185 Å². The number of halogens is 1. The Labute approximate surface area is 254 Å². The van der Waals surface area contributed by atoms with Gasteiger partial charge in [-0.3, -0.25) is 0 Å². The zero-order chi connectivity index (χ0) is 30.1. The molecule has 0 saturated carbocycles. The van der Waals surface area contributed by atoms with Crippen molar-refractivity contribution in [1.29, 1.82) is 0 Å². The van der Waals surface area contributed by atoms with Crippen molar-refractivity contribution in [3.8, 4) is 0 Å². The molecule has 0 spiro atoms. The lowest BCUT2D eigenvalue weighted by molar-refractivity contribution is 0.0692. The SMILES string of the molecule is O=C(O)c1cc2c(/C=C/c3ccc4ccccc4c3)nn(C(c3ccccc3)(c3ccccc3)c3ccccc3)c2cc1F. The van der Waals surface area contributed by atoms with Crippen LogP contribution in [0.3, 0.4) is 0 Å². The molecule has 0 fully saturated rings. The number of fused-ring (bicyclic) bond motifs is 2. The van der Waals surface area contributed by atoms with Gasteiger partial charge in [0, 0.05) is 11.5 Å². The molecule has 0 aliphatic rings. The normalized spacial score (nSPS) is 11.8. The van der Waals surface area contributed by atoms with Crippen molar-refractivity contribution < 1.29 is 14.3 Å². The summed E-state index contributed by atoms with van der Waals surface area (Å²) in [5.41, 5.74) is 3.34. The second-order valence-corrected chi connectivity index (χ2v) is 10.7. The first-order valence-electron chi connectivity index (χ1n) is 14.4. The van der Waals surface area contributed by atoms with E-state index in [1.54, 1.807) is 0 Å².